The number of carbonyl (C=O) groups excluding carboxylic acids is 2. The van der Waals surface area contributed by atoms with Crippen LogP contribution in [0.4, 0.5) is 0 Å². The minimum Gasteiger partial charge on any atom is -0.454 e. The zero-order chi connectivity index (χ0) is 20.2. The first kappa shape index (κ1) is 20.2. The summed E-state index contributed by atoms with van der Waals surface area (Å²) in [5.41, 5.74) is 0.851. The van der Waals surface area contributed by atoms with Crippen LogP contribution in [0.2, 0.25) is 0 Å². The molecule has 3 heterocycles. The van der Waals surface area contributed by atoms with Gasteiger partial charge < -0.3 is 14.8 Å². The zero-order valence-corrected chi connectivity index (χ0v) is 17.7. The van der Waals surface area contributed by atoms with Crippen LogP contribution in [0.15, 0.2) is 23.1 Å². The van der Waals surface area contributed by atoms with Crippen LogP contribution in [0.3, 0.4) is 0 Å². The number of amides is 2. The van der Waals surface area contributed by atoms with Gasteiger partial charge in [-0.25, -0.2) is 0 Å². The molecule has 0 unspecified atom stereocenters. The highest BCUT2D eigenvalue weighted by molar-refractivity contribution is 8.26. The van der Waals surface area contributed by atoms with Gasteiger partial charge in [-0.3, -0.25) is 19.4 Å². The first-order valence-corrected chi connectivity index (χ1v) is 11.0. The van der Waals surface area contributed by atoms with Gasteiger partial charge in [0.15, 0.2) is 11.5 Å². The molecule has 2 saturated heterocycles. The van der Waals surface area contributed by atoms with Gasteiger partial charge in [0.2, 0.25) is 12.7 Å². The van der Waals surface area contributed by atoms with Gasteiger partial charge in [0, 0.05) is 13.1 Å². The number of carbonyl (C=O) groups is 2. The van der Waals surface area contributed by atoms with E-state index in [9.17, 15) is 9.59 Å². The van der Waals surface area contributed by atoms with E-state index in [0.29, 0.717) is 40.4 Å². The first-order valence-electron chi connectivity index (χ1n) is 9.74. The fraction of sp³-hybridized carbons (Fsp3) is 0.450. The van der Waals surface area contributed by atoms with Crippen molar-refractivity contribution in [2.24, 2.45) is 0 Å². The normalized spacial score (nSPS) is 20.6. The minimum absolute atomic E-state index is 0.00626. The van der Waals surface area contributed by atoms with Crippen molar-refractivity contribution in [2.75, 3.05) is 39.5 Å². The molecule has 9 heteroatoms. The molecule has 154 valence electrons. The van der Waals surface area contributed by atoms with Crippen molar-refractivity contribution in [3.63, 3.8) is 0 Å². The Bertz CT molecular complexity index is 852. The number of piperidine rings is 1. The Labute approximate surface area is 179 Å². The monoisotopic (exact) mass is 433 g/mol. The number of thiocarbonyl (C=S) groups is 1. The summed E-state index contributed by atoms with van der Waals surface area (Å²) in [5.74, 6) is 1.23. The van der Waals surface area contributed by atoms with Crippen LogP contribution in [-0.4, -0.2) is 65.5 Å². The van der Waals surface area contributed by atoms with E-state index in [4.69, 9.17) is 21.7 Å². The van der Waals surface area contributed by atoms with Crippen LogP contribution in [-0.2, 0) is 9.59 Å². The van der Waals surface area contributed by atoms with E-state index in [2.05, 4.69) is 10.2 Å². The third-order valence-electron chi connectivity index (χ3n) is 5.04. The Morgan fingerprint density at radius 2 is 2.00 bits per heavy atom. The number of fused-ring (bicyclic) bond motifs is 1. The lowest BCUT2D eigenvalue weighted by molar-refractivity contribution is -0.124. The van der Waals surface area contributed by atoms with Crippen LogP contribution in [0.25, 0.3) is 6.08 Å². The Morgan fingerprint density at radius 1 is 1.21 bits per heavy atom. The second-order valence-electron chi connectivity index (χ2n) is 7.13. The van der Waals surface area contributed by atoms with Crippen molar-refractivity contribution in [3.05, 3.63) is 28.7 Å². The third kappa shape index (κ3) is 4.91. The lowest BCUT2D eigenvalue weighted by Gasteiger charge is -2.25. The first-order chi connectivity index (χ1) is 14.1. The van der Waals surface area contributed by atoms with E-state index in [0.717, 1.165) is 31.5 Å². The van der Waals surface area contributed by atoms with Crippen molar-refractivity contribution in [1.82, 2.24) is 15.1 Å². The molecule has 1 N–H and O–H groups in total. The highest BCUT2D eigenvalue weighted by Crippen LogP contribution is 2.36. The molecule has 0 bridgehead atoms. The third-order valence-corrected chi connectivity index (χ3v) is 6.42. The molecule has 0 aromatic heterocycles. The minimum atomic E-state index is -0.136. The van der Waals surface area contributed by atoms with Crippen molar-refractivity contribution in [3.8, 4) is 11.5 Å². The van der Waals surface area contributed by atoms with Gasteiger partial charge in [0.1, 0.15) is 4.32 Å². The number of likely N-dealkylation sites (tertiary alicyclic amines) is 1. The van der Waals surface area contributed by atoms with Gasteiger partial charge in [0.05, 0.1) is 11.4 Å². The smallest absolute Gasteiger partial charge is 0.266 e. The quantitative estimate of drug-likeness (QED) is 0.545. The van der Waals surface area contributed by atoms with Crippen LogP contribution in [0.1, 0.15) is 24.8 Å². The molecule has 2 fully saturated rings. The molecule has 0 atom stereocenters. The maximum atomic E-state index is 12.7. The van der Waals surface area contributed by atoms with Gasteiger partial charge in [-0.1, -0.05) is 36.5 Å². The van der Waals surface area contributed by atoms with E-state index in [-0.39, 0.29) is 18.6 Å². The molecular formula is C20H23N3O4S2. The molecule has 0 radical (unpaired) electrons. The lowest BCUT2D eigenvalue weighted by Crippen LogP contribution is -2.42. The summed E-state index contributed by atoms with van der Waals surface area (Å²) in [6.45, 7) is 3.34. The van der Waals surface area contributed by atoms with Crippen molar-refractivity contribution in [1.29, 1.82) is 0 Å². The number of hydrogen-bond donors (Lipinski definition) is 1. The average Bonchev–Trinajstić information content (AvgIpc) is 3.28. The van der Waals surface area contributed by atoms with Crippen molar-refractivity contribution in [2.45, 2.75) is 19.3 Å². The molecule has 0 spiro atoms. The van der Waals surface area contributed by atoms with Crippen LogP contribution >= 0.6 is 24.0 Å². The highest BCUT2D eigenvalue weighted by Gasteiger charge is 2.31. The van der Waals surface area contributed by atoms with Crippen LogP contribution in [0, 0.1) is 0 Å². The maximum absolute atomic E-state index is 12.7. The molecule has 29 heavy (non-hydrogen) atoms. The predicted molar refractivity (Wildman–Crippen MR) is 116 cm³/mol. The maximum Gasteiger partial charge on any atom is 0.266 e. The average molecular weight is 434 g/mol. The summed E-state index contributed by atoms with van der Waals surface area (Å²) in [4.78, 5) is 29.1. The summed E-state index contributed by atoms with van der Waals surface area (Å²) in [7, 11) is 0. The SMILES string of the molecule is O=C(CN1CCCCC1)NCCN1C(=O)/C(=C\c2ccc3c(c2)OCO3)SC1=S. The second-order valence-corrected chi connectivity index (χ2v) is 8.81. The van der Waals surface area contributed by atoms with E-state index >= 15 is 0 Å². The van der Waals surface area contributed by atoms with Gasteiger partial charge in [-0.2, -0.15) is 0 Å². The second kappa shape index (κ2) is 9.15. The standard InChI is InChI=1S/C20H23N3O4S2/c24-18(12-22-7-2-1-3-8-22)21-6-9-23-19(25)17(29-20(23)28)11-14-4-5-15-16(10-14)27-13-26-15/h4-5,10-11H,1-3,6-9,12-13H2,(H,21,24)/b17-11+. The number of rotatable bonds is 6. The number of nitrogens with zero attached hydrogens (tertiary/aromatic N) is 2. The molecule has 1 aromatic rings. The summed E-state index contributed by atoms with van der Waals surface area (Å²) in [6, 6.07) is 5.55. The number of thioether (sulfide) groups is 1. The number of hydrogen-bond acceptors (Lipinski definition) is 7. The van der Waals surface area contributed by atoms with Crippen molar-refractivity contribution >= 4 is 46.2 Å². The van der Waals surface area contributed by atoms with E-state index in [1.54, 1.807) is 11.0 Å². The molecule has 0 aliphatic carbocycles. The fourth-order valence-corrected chi connectivity index (χ4v) is 4.84. The molecule has 0 saturated carbocycles. The largest absolute Gasteiger partial charge is 0.454 e. The Morgan fingerprint density at radius 3 is 2.83 bits per heavy atom. The Kier molecular flexibility index (Phi) is 6.37. The number of benzene rings is 1. The van der Waals surface area contributed by atoms with E-state index in [1.165, 1.54) is 18.2 Å². The topological polar surface area (TPSA) is 71.1 Å². The Hall–Kier alpha value is -2.10. The molecule has 3 aliphatic rings. The summed E-state index contributed by atoms with van der Waals surface area (Å²) in [5, 5.41) is 2.90. The van der Waals surface area contributed by atoms with Gasteiger partial charge in [0.25, 0.3) is 5.91 Å². The predicted octanol–water partition coefficient (Wildman–Crippen LogP) is 2.22. The summed E-state index contributed by atoms with van der Waals surface area (Å²) >= 11 is 6.63. The molecule has 2 amide bonds. The molecule has 3 aliphatic heterocycles. The van der Waals surface area contributed by atoms with Crippen LogP contribution in [0.5, 0.6) is 11.5 Å². The Balaban J connectivity index is 1.29. The van der Waals surface area contributed by atoms with E-state index in [1.807, 2.05) is 18.2 Å². The molecule has 7 nitrogen and oxygen atoms in total. The summed E-state index contributed by atoms with van der Waals surface area (Å²) < 4.78 is 11.2. The number of nitrogens with one attached hydrogen (secondary N) is 1. The lowest BCUT2D eigenvalue weighted by atomic mass is 10.1. The molecule has 1 aromatic carbocycles. The molecular weight excluding hydrogens is 410 g/mol. The molecule has 4 rings (SSSR count). The highest BCUT2D eigenvalue weighted by atomic mass is 32.2. The van der Waals surface area contributed by atoms with Crippen LogP contribution < -0.4 is 14.8 Å². The van der Waals surface area contributed by atoms with Crippen molar-refractivity contribution < 1.29 is 19.1 Å². The number of ether oxygens (including phenoxy) is 2. The zero-order valence-electron chi connectivity index (χ0n) is 16.0. The van der Waals surface area contributed by atoms with Gasteiger partial charge >= 0.3 is 0 Å². The summed E-state index contributed by atoms with van der Waals surface area (Å²) in [6.07, 6.45) is 5.35. The van der Waals surface area contributed by atoms with E-state index < -0.39 is 0 Å². The van der Waals surface area contributed by atoms with Gasteiger partial charge in [-0.05, 0) is 49.7 Å². The fourth-order valence-electron chi connectivity index (χ4n) is 3.53. The van der Waals surface area contributed by atoms with Gasteiger partial charge in [-0.15, -0.1) is 0 Å².